The molecule has 0 saturated carbocycles. The van der Waals surface area contributed by atoms with Crippen molar-refractivity contribution < 1.29 is 9.47 Å². The molecule has 1 aliphatic carbocycles. The number of rotatable bonds is 6. The van der Waals surface area contributed by atoms with Crippen LogP contribution >= 0.6 is 0 Å². The van der Waals surface area contributed by atoms with Gasteiger partial charge in [0.1, 0.15) is 0 Å². The predicted molar refractivity (Wildman–Crippen MR) is 82.5 cm³/mol. The van der Waals surface area contributed by atoms with Crippen LogP contribution in [0.4, 0.5) is 0 Å². The molecule has 0 aromatic heterocycles. The molecule has 1 N–H and O–H groups in total. The smallest absolute Gasteiger partial charge is 0.165 e. The fourth-order valence-electron chi connectivity index (χ4n) is 2.91. The molecule has 1 aromatic carbocycles. The van der Waals surface area contributed by atoms with E-state index < -0.39 is 0 Å². The van der Waals surface area contributed by atoms with Crippen molar-refractivity contribution >= 4 is 0 Å². The molecule has 0 radical (unpaired) electrons. The van der Waals surface area contributed by atoms with Gasteiger partial charge in [-0.3, -0.25) is 0 Å². The number of methoxy groups -OCH3 is 2. The molecular formula is C17H25NO2. The first-order valence-electron chi connectivity index (χ1n) is 7.45. The number of likely N-dealkylation sites (N-methyl/N-ethyl adjacent to an activating group) is 1. The molecule has 0 spiro atoms. The van der Waals surface area contributed by atoms with Crippen LogP contribution in [0, 0.1) is 0 Å². The number of hydrogen-bond acceptors (Lipinski definition) is 3. The predicted octanol–water partition coefficient (Wildman–Crippen LogP) is 3.85. The van der Waals surface area contributed by atoms with E-state index in [1.165, 1.54) is 30.4 Å². The van der Waals surface area contributed by atoms with Gasteiger partial charge in [0.15, 0.2) is 11.5 Å². The minimum Gasteiger partial charge on any atom is -0.493 e. The first-order valence-corrected chi connectivity index (χ1v) is 7.45. The van der Waals surface area contributed by atoms with Gasteiger partial charge in [0, 0.05) is 5.56 Å². The van der Waals surface area contributed by atoms with Crippen LogP contribution in [-0.4, -0.2) is 20.8 Å². The lowest BCUT2D eigenvalue weighted by Crippen LogP contribution is -2.24. The molecule has 0 fully saturated rings. The molecule has 0 bridgehead atoms. The molecule has 1 unspecified atom stereocenters. The summed E-state index contributed by atoms with van der Waals surface area (Å²) >= 11 is 0. The molecular weight excluding hydrogens is 250 g/mol. The van der Waals surface area contributed by atoms with Crippen molar-refractivity contribution in [1.29, 1.82) is 0 Å². The van der Waals surface area contributed by atoms with Gasteiger partial charge in [-0.25, -0.2) is 0 Å². The van der Waals surface area contributed by atoms with Crippen molar-refractivity contribution in [2.24, 2.45) is 0 Å². The fraction of sp³-hybridized carbons (Fsp3) is 0.529. The van der Waals surface area contributed by atoms with Gasteiger partial charge in [0.2, 0.25) is 0 Å². The Kier molecular flexibility index (Phi) is 5.48. The molecule has 0 amide bonds. The molecule has 1 aromatic rings. The van der Waals surface area contributed by atoms with Crippen molar-refractivity contribution in [3.05, 3.63) is 35.4 Å². The van der Waals surface area contributed by atoms with Gasteiger partial charge < -0.3 is 14.8 Å². The van der Waals surface area contributed by atoms with Crippen LogP contribution in [0.15, 0.2) is 29.8 Å². The molecule has 1 aliphatic rings. The maximum Gasteiger partial charge on any atom is 0.165 e. The highest BCUT2D eigenvalue weighted by Gasteiger charge is 2.22. The zero-order valence-electron chi connectivity index (χ0n) is 12.7. The van der Waals surface area contributed by atoms with E-state index in [9.17, 15) is 0 Å². The van der Waals surface area contributed by atoms with E-state index in [1.54, 1.807) is 14.2 Å². The maximum atomic E-state index is 5.59. The first kappa shape index (κ1) is 14.9. The summed E-state index contributed by atoms with van der Waals surface area (Å²) < 4.78 is 11.0. The Bertz CT molecular complexity index is 468. The van der Waals surface area contributed by atoms with Crippen LogP contribution in [0.1, 0.15) is 44.2 Å². The van der Waals surface area contributed by atoms with E-state index >= 15 is 0 Å². The highest BCUT2D eigenvalue weighted by Crippen LogP contribution is 2.39. The molecule has 3 nitrogen and oxygen atoms in total. The third kappa shape index (κ3) is 3.15. The Morgan fingerprint density at radius 3 is 2.65 bits per heavy atom. The lowest BCUT2D eigenvalue weighted by molar-refractivity contribution is 0.348. The van der Waals surface area contributed by atoms with Crippen LogP contribution in [0.2, 0.25) is 0 Å². The number of allylic oxidation sites excluding steroid dienone is 1. The van der Waals surface area contributed by atoms with Gasteiger partial charge in [-0.2, -0.15) is 0 Å². The van der Waals surface area contributed by atoms with Crippen LogP contribution in [0.25, 0.3) is 0 Å². The lowest BCUT2D eigenvalue weighted by Gasteiger charge is -2.26. The van der Waals surface area contributed by atoms with Crippen molar-refractivity contribution in [3.8, 4) is 11.5 Å². The molecule has 0 heterocycles. The highest BCUT2D eigenvalue weighted by molar-refractivity contribution is 5.50. The second kappa shape index (κ2) is 7.34. The van der Waals surface area contributed by atoms with Gasteiger partial charge in [-0.1, -0.05) is 30.7 Å². The van der Waals surface area contributed by atoms with Crippen LogP contribution < -0.4 is 14.8 Å². The second-order valence-corrected chi connectivity index (χ2v) is 5.10. The quantitative estimate of drug-likeness (QED) is 0.800. The minimum atomic E-state index is 0.227. The SMILES string of the molecule is CCNC(C1=CCCCC1)c1cccc(OC)c1OC. The summed E-state index contributed by atoms with van der Waals surface area (Å²) in [5.41, 5.74) is 2.64. The van der Waals surface area contributed by atoms with Gasteiger partial charge >= 0.3 is 0 Å². The Balaban J connectivity index is 2.40. The first-order chi connectivity index (χ1) is 9.81. The fourth-order valence-corrected chi connectivity index (χ4v) is 2.91. The third-order valence-corrected chi connectivity index (χ3v) is 3.85. The number of para-hydroxylation sites is 1. The summed E-state index contributed by atoms with van der Waals surface area (Å²) in [6.45, 7) is 3.07. The number of benzene rings is 1. The van der Waals surface area contributed by atoms with E-state index in [4.69, 9.17) is 9.47 Å². The zero-order chi connectivity index (χ0) is 14.4. The third-order valence-electron chi connectivity index (χ3n) is 3.85. The molecule has 0 aliphatic heterocycles. The largest absolute Gasteiger partial charge is 0.493 e. The number of nitrogens with one attached hydrogen (secondary N) is 1. The summed E-state index contributed by atoms with van der Waals surface area (Å²) in [6.07, 6.45) is 7.31. The van der Waals surface area contributed by atoms with Gasteiger partial charge in [-0.05, 0) is 38.3 Å². The van der Waals surface area contributed by atoms with E-state index in [2.05, 4.69) is 24.4 Å². The molecule has 3 heteroatoms. The van der Waals surface area contributed by atoms with Crippen molar-refractivity contribution in [2.45, 2.75) is 38.6 Å². The highest BCUT2D eigenvalue weighted by atomic mass is 16.5. The number of hydrogen-bond donors (Lipinski definition) is 1. The molecule has 2 rings (SSSR count). The Hall–Kier alpha value is -1.48. The average Bonchev–Trinajstić information content (AvgIpc) is 2.52. The van der Waals surface area contributed by atoms with Crippen molar-refractivity contribution in [2.75, 3.05) is 20.8 Å². The summed E-state index contributed by atoms with van der Waals surface area (Å²) in [7, 11) is 3.39. The summed E-state index contributed by atoms with van der Waals surface area (Å²) in [5.74, 6) is 1.64. The molecule has 20 heavy (non-hydrogen) atoms. The second-order valence-electron chi connectivity index (χ2n) is 5.10. The molecule has 110 valence electrons. The van der Waals surface area contributed by atoms with Gasteiger partial charge in [0.05, 0.1) is 20.3 Å². The van der Waals surface area contributed by atoms with Gasteiger partial charge in [-0.15, -0.1) is 0 Å². The van der Waals surface area contributed by atoms with Gasteiger partial charge in [0.25, 0.3) is 0 Å². The number of ether oxygens (including phenoxy) is 2. The normalized spacial score (nSPS) is 16.4. The Morgan fingerprint density at radius 1 is 1.20 bits per heavy atom. The van der Waals surface area contributed by atoms with E-state index in [0.717, 1.165) is 24.5 Å². The lowest BCUT2D eigenvalue weighted by atomic mass is 9.89. The summed E-state index contributed by atoms with van der Waals surface area (Å²) in [6, 6.07) is 6.33. The minimum absolute atomic E-state index is 0.227. The monoisotopic (exact) mass is 275 g/mol. The topological polar surface area (TPSA) is 30.5 Å². The Morgan fingerprint density at radius 2 is 2.05 bits per heavy atom. The average molecular weight is 275 g/mol. The summed E-state index contributed by atoms with van der Waals surface area (Å²) in [5, 5.41) is 3.59. The standard InChI is InChI=1S/C17H25NO2/c1-4-18-16(13-9-6-5-7-10-13)14-11-8-12-15(19-2)17(14)20-3/h8-9,11-12,16,18H,4-7,10H2,1-3H3. The Labute approximate surface area is 122 Å². The molecule has 0 saturated heterocycles. The van der Waals surface area contributed by atoms with Crippen molar-refractivity contribution in [1.82, 2.24) is 5.32 Å². The van der Waals surface area contributed by atoms with E-state index in [1.807, 2.05) is 12.1 Å². The summed E-state index contributed by atoms with van der Waals surface area (Å²) in [4.78, 5) is 0. The zero-order valence-corrected chi connectivity index (χ0v) is 12.7. The van der Waals surface area contributed by atoms with Crippen molar-refractivity contribution in [3.63, 3.8) is 0 Å². The van der Waals surface area contributed by atoms with E-state index in [-0.39, 0.29) is 6.04 Å². The van der Waals surface area contributed by atoms with Crippen LogP contribution in [-0.2, 0) is 0 Å². The van der Waals surface area contributed by atoms with Crippen LogP contribution in [0.5, 0.6) is 11.5 Å². The molecule has 1 atom stereocenters. The van der Waals surface area contributed by atoms with Crippen LogP contribution in [0.3, 0.4) is 0 Å². The van der Waals surface area contributed by atoms with E-state index in [0.29, 0.717) is 0 Å². The maximum absolute atomic E-state index is 5.59.